The number of nitrogens with one attached hydrogen (secondary N) is 2. The number of carbonyl (C=O) groups is 3. The maximum absolute atomic E-state index is 13.1. The van der Waals surface area contributed by atoms with Crippen molar-refractivity contribution in [3.05, 3.63) is 87.1 Å². The van der Waals surface area contributed by atoms with Gasteiger partial charge in [0.15, 0.2) is 0 Å². The first-order valence-electron chi connectivity index (χ1n) is 10.7. The molecule has 0 saturated heterocycles. The van der Waals surface area contributed by atoms with Gasteiger partial charge in [-0.15, -0.1) is 11.3 Å². The number of hydrogen-bond donors (Lipinski definition) is 2. The van der Waals surface area contributed by atoms with Crippen molar-refractivity contribution in [2.75, 3.05) is 18.4 Å². The van der Waals surface area contributed by atoms with Gasteiger partial charge in [-0.2, -0.15) is 0 Å². The summed E-state index contributed by atoms with van der Waals surface area (Å²) in [6.07, 6.45) is 0.188. The lowest BCUT2D eigenvalue weighted by Gasteiger charge is -2.28. The summed E-state index contributed by atoms with van der Waals surface area (Å²) in [5.74, 6) is -0.455. The van der Waals surface area contributed by atoms with Crippen LogP contribution in [0.3, 0.4) is 0 Å². The highest BCUT2D eigenvalue weighted by atomic mass is 32.1. The summed E-state index contributed by atoms with van der Waals surface area (Å²) in [6.45, 7) is 2.98. The van der Waals surface area contributed by atoms with E-state index < -0.39 is 12.0 Å². The van der Waals surface area contributed by atoms with Gasteiger partial charge in [0, 0.05) is 29.2 Å². The van der Waals surface area contributed by atoms with Crippen molar-refractivity contribution in [2.24, 2.45) is 0 Å². The number of nitrogens with zero attached hydrogens (tertiary/aromatic N) is 1. The highest BCUT2D eigenvalue weighted by Gasteiger charge is 2.24. The zero-order chi connectivity index (χ0) is 23.2. The Kier molecular flexibility index (Phi) is 7.04. The minimum Gasteiger partial charge on any atom is -0.445 e. The van der Waals surface area contributed by atoms with Gasteiger partial charge in [-0.05, 0) is 53.6 Å². The van der Waals surface area contributed by atoms with Gasteiger partial charge in [0.1, 0.15) is 13.2 Å². The maximum Gasteiger partial charge on any atom is 0.407 e. The molecular formula is C25H25N3O4S. The Labute approximate surface area is 196 Å². The number of amides is 3. The van der Waals surface area contributed by atoms with E-state index >= 15 is 0 Å². The lowest BCUT2D eigenvalue weighted by Crippen LogP contribution is -2.36. The van der Waals surface area contributed by atoms with Crippen molar-refractivity contribution < 1.29 is 19.1 Å². The first-order valence-corrected chi connectivity index (χ1v) is 11.6. The molecule has 0 unspecified atom stereocenters. The minimum atomic E-state index is -0.674. The van der Waals surface area contributed by atoms with E-state index in [0.29, 0.717) is 29.9 Å². The van der Waals surface area contributed by atoms with E-state index in [1.165, 1.54) is 10.4 Å². The van der Waals surface area contributed by atoms with E-state index in [2.05, 4.69) is 22.1 Å². The Morgan fingerprint density at radius 1 is 1.06 bits per heavy atom. The smallest absolute Gasteiger partial charge is 0.407 e. The fourth-order valence-electron chi connectivity index (χ4n) is 3.72. The van der Waals surface area contributed by atoms with E-state index in [9.17, 15) is 14.4 Å². The zero-order valence-corrected chi connectivity index (χ0v) is 19.1. The van der Waals surface area contributed by atoms with Crippen molar-refractivity contribution in [3.8, 4) is 0 Å². The third kappa shape index (κ3) is 5.59. The third-order valence-corrected chi connectivity index (χ3v) is 6.56. The highest BCUT2D eigenvalue weighted by molar-refractivity contribution is 7.10. The highest BCUT2D eigenvalue weighted by Crippen LogP contribution is 2.27. The second kappa shape index (κ2) is 10.3. The molecule has 33 heavy (non-hydrogen) atoms. The molecule has 0 bridgehead atoms. The first kappa shape index (κ1) is 22.5. The Morgan fingerprint density at radius 3 is 2.70 bits per heavy atom. The number of rotatable bonds is 6. The van der Waals surface area contributed by atoms with Crippen LogP contribution in [0.2, 0.25) is 0 Å². The molecule has 2 heterocycles. The molecule has 0 radical (unpaired) electrons. The van der Waals surface area contributed by atoms with Crippen molar-refractivity contribution in [2.45, 2.75) is 26.5 Å². The zero-order valence-electron chi connectivity index (χ0n) is 18.3. The van der Waals surface area contributed by atoms with Crippen LogP contribution in [-0.2, 0) is 29.1 Å². The second-order valence-electron chi connectivity index (χ2n) is 7.79. The number of ether oxygens (including phenoxy) is 1. The Balaban J connectivity index is 1.31. The third-order valence-electron chi connectivity index (χ3n) is 5.54. The van der Waals surface area contributed by atoms with Crippen LogP contribution >= 0.6 is 11.3 Å². The van der Waals surface area contributed by atoms with Crippen molar-refractivity contribution in [1.82, 2.24) is 10.2 Å². The number of fused-ring (bicyclic) bond motifs is 1. The Bertz CT molecular complexity index is 1160. The summed E-state index contributed by atoms with van der Waals surface area (Å²) in [5.41, 5.74) is 3.85. The van der Waals surface area contributed by atoms with Crippen LogP contribution in [0.25, 0.3) is 0 Å². The molecule has 1 aliphatic rings. The molecule has 0 aliphatic carbocycles. The molecule has 7 nitrogen and oxygen atoms in total. The molecule has 0 atom stereocenters. The van der Waals surface area contributed by atoms with Gasteiger partial charge in [-0.1, -0.05) is 36.4 Å². The van der Waals surface area contributed by atoms with Crippen molar-refractivity contribution >= 4 is 34.9 Å². The molecule has 0 fully saturated rings. The predicted octanol–water partition coefficient (Wildman–Crippen LogP) is 4.12. The topological polar surface area (TPSA) is 87.7 Å². The van der Waals surface area contributed by atoms with Gasteiger partial charge in [-0.25, -0.2) is 4.79 Å². The van der Waals surface area contributed by atoms with E-state index in [-0.39, 0.29) is 19.1 Å². The quantitative estimate of drug-likeness (QED) is 0.576. The van der Waals surface area contributed by atoms with Crippen LogP contribution in [0, 0.1) is 6.92 Å². The second-order valence-corrected chi connectivity index (χ2v) is 8.79. The van der Waals surface area contributed by atoms with Crippen LogP contribution in [0.1, 0.15) is 31.9 Å². The molecule has 0 spiro atoms. The summed E-state index contributed by atoms with van der Waals surface area (Å²) >= 11 is 1.73. The largest absolute Gasteiger partial charge is 0.445 e. The summed E-state index contributed by atoms with van der Waals surface area (Å²) in [7, 11) is 0. The molecule has 3 aromatic rings. The Morgan fingerprint density at radius 2 is 1.88 bits per heavy atom. The van der Waals surface area contributed by atoms with E-state index in [4.69, 9.17) is 4.74 Å². The molecule has 2 aromatic carbocycles. The van der Waals surface area contributed by atoms with E-state index in [0.717, 1.165) is 12.0 Å². The lowest BCUT2D eigenvalue weighted by atomic mass is 10.0. The van der Waals surface area contributed by atoms with E-state index in [1.54, 1.807) is 29.5 Å². The van der Waals surface area contributed by atoms with Crippen molar-refractivity contribution in [1.29, 1.82) is 0 Å². The average Bonchev–Trinajstić information content (AvgIpc) is 3.31. The molecule has 3 amide bonds. The lowest BCUT2D eigenvalue weighted by molar-refractivity contribution is -0.115. The number of alkyl carbamates (subject to hydrolysis) is 1. The van der Waals surface area contributed by atoms with Crippen molar-refractivity contribution in [3.63, 3.8) is 0 Å². The summed E-state index contributed by atoms with van der Waals surface area (Å²) in [5, 5.41) is 7.27. The number of thiophene rings is 1. The summed E-state index contributed by atoms with van der Waals surface area (Å²) in [4.78, 5) is 40.5. The Hall–Kier alpha value is -3.65. The van der Waals surface area contributed by atoms with Crippen LogP contribution in [0.5, 0.6) is 0 Å². The maximum atomic E-state index is 13.1. The average molecular weight is 464 g/mol. The van der Waals surface area contributed by atoms with Gasteiger partial charge < -0.3 is 20.3 Å². The SMILES string of the molecule is Cc1c(NC(=O)CNC(=O)OCc2ccccc2)cccc1C(=O)N1CCc2sccc2C1. The fraction of sp³-hybridized carbons (Fsp3) is 0.240. The van der Waals surface area contributed by atoms with Gasteiger partial charge in [0.25, 0.3) is 5.91 Å². The van der Waals surface area contributed by atoms with Gasteiger partial charge in [-0.3, -0.25) is 9.59 Å². The van der Waals surface area contributed by atoms with E-state index in [1.807, 2.05) is 42.2 Å². The van der Waals surface area contributed by atoms with Crippen LogP contribution in [0.15, 0.2) is 60.0 Å². The monoisotopic (exact) mass is 463 g/mol. The number of carbonyl (C=O) groups excluding carboxylic acids is 3. The number of benzene rings is 2. The van der Waals surface area contributed by atoms with Gasteiger partial charge in [0.2, 0.25) is 5.91 Å². The van der Waals surface area contributed by atoms with Gasteiger partial charge >= 0.3 is 6.09 Å². The summed E-state index contributed by atoms with van der Waals surface area (Å²) < 4.78 is 5.11. The van der Waals surface area contributed by atoms with Crippen LogP contribution < -0.4 is 10.6 Å². The fourth-order valence-corrected chi connectivity index (χ4v) is 4.61. The normalized spacial score (nSPS) is 12.6. The first-order chi connectivity index (χ1) is 16.0. The van der Waals surface area contributed by atoms with Crippen LogP contribution in [0.4, 0.5) is 10.5 Å². The minimum absolute atomic E-state index is 0.0527. The molecule has 2 N–H and O–H groups in total. The van der Waals surface area contributed by atoms with Gasteiger partial charge in [0.05, 0.1) is 0 Å². The number of anilines is 1. The molecule has 1 aromatic heterocycles. The summed E-state index contributed by atoms with van der Waals surface area (Å²) in [6, 6.07) is 16.6. The molecular weight excluding hydrogens is 438 g/mol. The molecule has 4 rings (SSSR count). The predicted molar refractivity (Wildman–Crippen MR) is 127 cm³/mol. The molecule has 8 heteroatoms. The molecule has 0 saturated carbocycles. The number of hydrogen-bond acceptors (Lipinski definition) is 5. The van der Waals surface area contributed by atoms with Crippen LogP contribution in [-0.4, -0.2) is 35.9 Å². The molecule has 170 valence electrons. The molecule has 1 aliphatic heterocycles. The standard InChI is InChI=1S/C25H25N3O4S/c1-17-20(24(30)28-12-10-22-19(15-28)11-13-33-22)8-5-9-21(17)27-23(29)14-26-25(31)32-16-18-6-3-2-4-7-18/h2-9,11,13H,10,12,14-16H2,1H3,(H,26,31)(H,27,29).